The van der Waals surface area contributed by atoms with Gasteiger partial charge in [0.25, 0.3) is 0 Å². The minimum absolute atomic E-state index is 0. The molecule has 2 aromatic rings. The standard InChI is InChI=1S/C29H47Si.3ClH.Ti/c1-7-10-12-14-16-25-20-26(17-15-13-11-8-2)22-29(21-25)30(5,6)28-19-18-27(23-28)24(4)9-3;;;;/h18-24H,7-17H2,1-6H3;3*1H;/q-1;;;;+4/p-3. The van der Waals surface area contributed by atoms with E-state index in [9.17, 15) is 0 Å². The van der Waals surface area contributed by atoms with E-state index in [2.05, 4.69) is 77.2 Å². The fraction of sp³-hybridized carbons (Fsp3) is 0.621. The summed E-state index contributed by atoms with van der Waals surface area (Å²) in [7, 11) is -1.66. The molecule has 34 heavy (non-hydrogen) atoms. The zero-order chi connectivity index (χ0) is 22.0. The van der Waals surface area contributed by atoms with Crippen LogP contribution in [0.4, 0.5) is 0 Å². The van der Waals surface area contributed by atoms with Gasteiger partial charge in [0.05, 0.1) is 8.07 Å². The van der Waals surface area contributed by atoms with Crippen LogP contribution in [0.5, 0.6) is 0 Å². The van der Waals surface area contributed by atoms with Crippen molar-refractivity contribution in [1.29, 1.82) is 0 Å². The summed E-state index contributed by atoms with van der Waals surface area (Å²) in [6, 6.07) is 15.0. The predicted molar refractivity (Wildman–Crippen MR) is 140 cm³/mol. The van der Waals surface area contributed by atoms with Crippen LogP contribution in [0.25, 0.3) is 0 Å². The minimum atomic E-state index is -1.66. The molecule has 0 aliphatic rings. The molecule has 0 amide bonds. The van der Waals surface area contributed by atoms with Crippen molar-refractivity contribution < 1.29 is 58.9 Å². The van der Waals surface area contributed by atoms with Gasteiger partial charge in [-0.2, -0.15) is 22.9 Å². The van der Waals surface area contributed by atoms with Crippen LogP contribution in [-0.2, 0) is 34.6 Å². The molecule has 0 N–H and O–H groups in total. The van der Waals surface area contributed by atoms with Crippen LogP contribution in [0.2, 0.25) is 13.1 Å². The van der Waals surface area contributed by atoms with Crippen LogP contribution in [0.1, 0.15) is 108 Å². The molecule has 0 saturated carbocycles. The van der Waals surface area contributed by atoms with Gasteiger partial charge < -0.3 is 37.2 Å². The van der Waals surface area contributed by atoms with E-state index in [1.807, 2.05) is 0 Å². The van der Waals surface area contributed by atoms with Crippen molar-refractivity contribution in [3.05, 3.63) is 53.1 Å². The Morgan fingerprint density at radius 2 is 1.26 bits per heavy atom. The van der Waals surface area contributed by atoms with Gasteiger partial charge in [-0.25, -0.2) is 6.07 Å². The summed E-state index contributed by atoms with van der Waals surface area (Å²) in [6.45, 7) is 14.4. The first kappa shape index (κ1) is 38.9. The van der Waals surface area contributed by atoms with Crippen LogP contribution in [0.15, 0.2) is 36.4 Å². The third-order valence-electron chi connectivity index (χ3n) is 7.09. The van der Waals surface area contributed by atoms with Crippen molar-refractivity contribution in [2.75, 3.05) is 0 Å². The van der Waals surface area contributed by atoms with Gasteiger partial charge in [0.1, 0.15) is 0 Å². The van der Waals surface area contributed by atoms with E-state index >= 15 is 0 Å². The molecule has 0 aliphatic carbocycles. The molecule has 0 heterocycles. The minimum Gasteiger partial charge on any atom is -1.00 e. The van der Waals surface area contributed by atoms with E-state index in [0.717, 1.165) is 0 Å². The second-order valence-electron chi connectivity index (χ2n) is 10.0. The topological polar surface area (TPSA) is 0 Å². The summed E-state index contributed by atoms with van der Waals surface area (Å²) in [5, 5.41) is 3.25. The SMILES string of the molecule is CCCCCCc1cc(CCCCCC)cc([Si](C)(C)[c-]2ccc(C(C)CC)c2)c1.[Cl-].[Cl-].[Cl-].[Ti+4]. The molecule has 5 heteroatoms. The zero-order valence-corrected chi connectivity index (χ0v) is 27.3. The summed E-state index contributed by atoms with van der Waals surface area (Å²) >= 11 is 0. The molecular weight excluding hydrogens is 531 g/mol. The number of halogens is 3. The van der Waals surface area contributed by atoms with E-state index in [1.54, 1.807) is 21.5 Å². The molecule has 192 valence electrons. The van der Waals surface area contributed by atoms with E-state index in [0.29, 0.717) is 5.92 Å². The Hall–Kier alpha value is 0.371. The molecule has 1 atom stereocenters. The second kappa shape index (κ2) is 20.4. The summed E-state index contributed by atoms with van der Waals surface area (Å²) < 4.78 is 0. The van der Waals surface area contributed by atoms with E-state index in [4.69, 9.17) is 0 Å². The van der Waals surface area contributed by atoms with Crippen molar-refractivity contribution >= 4 is 18.4 Å². The number of aryl methyl sites for hydroxylation is 2. The fourth-order valence-electron chi connectivity index (χ4n) is 4.48. The van der Waals surface area contributed by atoms with Gasteiger partial charge in [-0.15, -0.1) is 0 Å². The Morgan fingerprint density at radius 3 is 1.71 bits per heavy atom. The smallest absolute Gasteiger partial charge is 1.00 e. The normalized spacial score (nSPS) is 11.5. The Labute approximate surface area is 246 Å². The third kappa shape index (κ3) is 12.1. The number of hydrogen-bond donors (Lipinski definition) is 0. The quantitative estimate of drug-likeness (QED) is 0.154. The summed E-state index contributed by atoms with van der Waals surface area (Å²) in [5.74, 6) is 0.669. The van der Waals surface area contributed by atoms with Gasteiger partial charge in [0.15, 0.2) is 0 Å². The predicted octanol–water partition coefficient (Wildman–Crippen LogP) is -1.00. The first-order valence-corrected chi connectivity index (χ1v) is 15.8. The molecule has 2 aromatic carbocycles. The van der Waals surface area contributed by atoms with Gasteiger partial charge in [0, 0.05) is 0 Å². The Morgan fingerprint density at radius 1 is 0.765 bits per heavy atom. The molecule has 0 aliphatic heterocycles. The van der Waals surface area contributed by atoms with Crippen LogP contribution in [0, 0.1) is 0 Å². The first-order chi connectivity index (χ1) is 14.4. The number of benzene rings is 1. The van der Waals surface area contributed by atoms with Gasteiger partial charge in [0.2, 0.25) is 0 Å². The molecule has 0 nitrogen and oxygen atoms in total. The van der Waals surface area contributed by atoms with Crippen LogP contribution in [0.3, 0.4) is 0 Å². The average Bonchev–Trinajstić information content (AvgIpc) is 3.25. The largest absolute Gasteiger partial charge is 4.00 e. The summed E-state index contributed by atoms with van der Waals surface area (Å²) in [4.78, 5) is 0. The maximum Gasteiger partial charge on any atom is 4.00 e. The molecule has 1 unspecified atom stereocenters. The van der Waals surface area contributed by atoms with Crippen LogP contribution < -0.4 is 47.6 Å². The van der Waals surface area contributed by atoms with Crippen LogP contribution >= 0.6 is 0 Å². The Bertz CT molecular complexity index is 727. The van der Waals surface area contributed by atoms with Crippen molar-refractivity contribution in [2.45, 2.75) is 117 Å². The van der Waals surface area contributed by atoms with Crippen LogP contribution in [-0.4, -0.2) is 8.07 Å². The van der Waals surface area contributed by atoms with Gasteiger partial charge in [-0.05, 0) is 36.8 Å². The molecule has 0 bridgehead atoms. The average molecular weight is 578 g/mol. The monoisotopic (exact) mass is 576 g/mol. The maximum absolute atomic E-state index is 2.57. The molecule has 0 spiro atoms. The molecule has 2 rings (SSSR count). The maximum atomic E-state index is 2.57. The van der Waals surface area contributed by atoms with E-state index in [-0.39, 0.29) is 58.9 Å². The molecule has 0 saturated heterocycles. The van der Waals surface area contributed by atoms with Gasteiger partial charge in [-0.3, -0.25) is 0 Å². The number of rotatable bonds is 14. The second-order valence-corrected chi connectivity index (χ2v) is 14.4. The third-order valence-corrected chi connectivity index (χ3v) is 10.6. The first-order valence-electron chi connectivity index (χ1n) is 12.8. The van der Waals surface area contributed by atoms with Crippen molar-refractivity contribution in [1.82, 2.24) is 0 Å². The van der Waals surface area contributed by atoms with Gasteiger partial charge in [-0.1, -0.05) is 115 Å². The number of unbranched alkanes of at least 4 members (excludes halogenated alkanes) is 6. The molecule has 0 fully saturated rings. The van der Waals surface area contributed by atoms with E-state index < -0.39 is 8.07 Å². The van der Waals surface area contributed by atoms with Crippen molar-refractivity contribution in [3.8, 4) is 0 Å². The van der Waals surface area contributed by atoms with Gasteiger partial charge >= 0.3 is 21.7 Å². The van der Waals surface area contributed by atoms with Crippen molar-refractivity contribution in [2.24, 2.45) is 0 Å². The summed E-state index contributed by atoms with van der Waals surface area (Å²) in [5.41, 5.74) is 4.70. The zero-order valence-electron chi connectivity index (χ0n) is 22.5. The van der Waals surface area contributed by atoms with E-state index in [1.165, 1.54) is 76.2 Å². The molecule has 0 aromatic heterocycles. The fourth-order valence-corrected chi connectivity index (χ4v) is 6.94. The molecule has 0 radical (unpaired) electrons. The Balaban J connectivity index is -0.00000240. The summed E-state index contributed by atoms with van der Waals surface area (Å²) in [6.07, 6.45) is 14.5. The van der Waals surface area contributed by atoms with Crippen molar-refractivity contribution in [3.63, 3.8) is 0 Å². The number of hydrogen-bond acceptors (Lipinski definition) is 0. The Kier molecular flexibility index (Phi) is 23.4. The molecular formula is C29H47Cl3SiTi.